The van der Waals surface area contributed by atoms with Crippen LogP contribution in [0.2, 0.25) is 0 Å². The summed E-state index contributed by atoms with van der Waals surface area (Å²) in [5.41, 5.74) is 1.27. The van der Waals surface area contributed by atoms with E-state index in [2.05, 4.69) is 43.0 Å². The second-order valence-corrected chi connectivity index (χ2v) is 9.91. The highest BCUT2D eigenvalue weighted by Gasteiger charge is 2.21. The van der Waals surface area contributed by atoms with E-state index in [-0.39, 0.29) is 29.8 Å². The van der Waals surface area contributed by atoms with Crippen LogP contribution in [0.5, 0.6) is 0 Å². The maximum Gasteiger partial charge on any atom is 0.240 e. The molecular formula is C21H26BrN3O3S. The molecule has 2 N–H and O–H groups in total. The molecule has 0 spiro atoms. The van der Waals surface area contributed by atoms with Crippen molar-refractivity contribution in [3.63, 3.8) is 0 Å². The molecule has 1 aliphatic rings. The van der Waals surface area contributed by atoms with Crippen molar-refractivity contribution in [1.82, 2.24) is 14.9 Å². The molecule has 0 bridgehead atoms. The number of carbonyl (C=O) groups is 1. The number of rotatable bonds is 8. The van der Waals surface area contributed by atoms with Crippen LogP contribution in [-0.2, 0) is 21.4 Å². The summed E-state index contributed by atoms with van der Waals surface area (Å²) < 4.78 is 27.8. The highest BCUT2D eigenvalue weighted by atomic mass is 79.9. The lowest BCUT2D eigenvalue weighted by Crippen LogP contribution is -2.47. The highest BCUT2D eigenvalue weighted by Crippen LogP contribution is 2.15. The lowest BCUT2D eigenvalue weighted by Gasteiger charge is -2.33. The van der Waals surface area contributed by atoms with Crippen molar-refractivity contribution in [2.45, 2.75) is 36.7 Å². The normalized spacial score (nSPS) is 17.8. The standard InChI is InChI=1S/C21H26BrN3O3S/c22-18-8-10-20(11-9-18)29(27,28)23-13-12-21(26)24-19-7-4-14-25(16-19)15-17-5-2-1-3-6-17/h1-3,5-6,8-11,19,23H,4,7,12-16H2,(H,24,26). The van der Waals surface area contributed by atoms with Crippen LogP contribution in [0.4, 0.5) is 0 Å². The Labute approximate surface area is 180 Å². The van der Waals surface area contributed by atoms with E-state index in [0.717, 1.165) is 36.9 Å². The topological polar surface area (TPSA) is 78.5 Å². The molecule has 8 heteroatoms. The highest BCUT2D eigenvalue weighted by molar-refractivity contribution is 9.10. The van der Waals surface area contributed by atoms with Gasteiger partial charge in [0.1, 0.15) is 0 Å². The number of hydrogen-bond acceptors (Lipinski definition) is 4. The van der Waals surface area contributed by atoms with Gasteiger partial charge in [-0.2, -0.15) is 0 Å². The first-order chi connectivity index (χ1) is 13.9. The second kappa shape index (κ2) is 10.3. The number of benzene rings is 2. The Morgan fingerprint density at radius 2 is 1.83 bits per heavy atom. The van der Waals surface area contributed by atoms with E-state index in [1.165, 1.54) is 17.7 Å². The Morgan fingerprint density at radius 1 is 1.10 bits per heavy atom. The van der Waals surface area contributed by atoms with Gasteiger partial charge in [-0.25, -0.2) is 13.1 Å². The average molecular weight is 480 g/mol. The van der Waals surface area contributed by atoms with Crippen LogP contribution in [0.15, 0.2) is 64.0 Å². The minimum Gasteiger partial charge on any atom is -0.352 e. The lowest BCUT2D eigenvalue weighted by atomic mass is 10.0. The Morgan fingerprint density at radius 3 is 2.55 bits per heavy atom. The lowest BCUT2D eigenvalue weighted by molar-refractivity contribution is -0.122. The third-order valence-corrected chi connectivity index (χ3v) is 6.89. The van der Waals surface area contributed by atoms with E-state index in [9.17, 15) is 13.2 Å². The number of piperidine rings is 1. The maximum absolute atomic E-state index is 12.3. The molecule has 29 heavy (non-hydrogen) atoms. The van der Waals surface area contributed by atoms with Crippen molar-refractivity contribution in [2.24, 2.45) is 0 Å². The molecule has 1 aliphatic heterocycles. The minimum absolute atomic E-state index is 0.0741. The third-order valence-electron chi connectivity index (χ3n) is 4.89. The van der Waals surface area contributed by atoms with E-state index < -0.39 is 10.0 Å². The molecule has 6 nitrogen and oxygen atoms in total. The SMILES string of the molecule is O=C(CCNS(=O)(=O)c1ccc(Br)cc1)NC1CCCN(Cc2ccccc2)C1. The third kappa shape index (κ3) is 6.92. The van der Waals surface area contributed by atoms with Crippen molar-refractivity contribution in [1.29, 1.82) is 0 Å². The summed E-state index contributed by atoms with van der Waals surface area (Å²) in [5.74, 6) is -0.130. The fraction of sp³-hybridized carbons (Fsp3) is 0.381. The van der Waals surface area contributed by atoms with Crippen molar-refractivity contribution >= 4 is 31.9 Å². The molecule has 3 rings (SSSR count). The first kappa shape index (κ1) is 22.0. The summed E-state index contributed by atoms with van der Waals surface area (Å²) in [6.07, 6.45) is 2.10. The number of hydrogen-bond donors (Lipinski definition) is 2. The molecule has 1 heterocycles. The van der Waals surface area contributed by atoms with Crippen LogP contribution in [-0.4, -0.2) is 44.9 Å². The van der Waals surface area contributed by atoms with Crippen LogP contribution in [0.25, 0.3) is 0 Å². The van der Waals surface area contributed by atoms with Gasteiger partial charge in [-0.3, -0.25) is 9.69 Å². The van der Waals surface area contributed by atoms with Gasteiger partial charge >= 0.3 is 0 Å². The summed E-state index contributed by atoms with van der Waals surface area (Å²) in [6, 6.07) is 16.8. The smallest absolute Gasteiger partial charge is 0.240 e. The average Bonchev–Trinajstić information content (AvgIpc) is 2.69. The fourth-order valence-electron chi connectivity index (χ4n) is 3.45. The van der Waals surface area contributed by atoms with Gasteiger partial charge in [0.2, 0.25) is 15.9 Å². The molecule has 2 aromatic rings. The molecule has 1 atom stereocenters. The minimum atomic E-state index is -3.61. The van der Waals surface area contributed by atoms with Gasteiger partial charge in [-0.05, 0) is 49.2 Å². The first-order valence-corrected chi connectivity index (χ1v) is 12.0. The van der Waals surface area contributed by atoms with Gasteiger partial charge in [-0.1, -0.05) is 46.3 Å². The predicted molar refractivity (Wildman–Crippen MR) is 117 cm³/mol. The molecule has 1 amide bonds. The summed E-state index contributed by atoms with van der Waals surface area (Å²) in [5, 5.41) is 3.05. The van der Waals surface area contributed by atoms with Crippen molar-refractivity contribution < 1.29 is 13.2 Å². The molecule has 0 saturated carbocycles. The second-order valence-electron chi connectivity index (χ2n) is 7.23. The maximum atomic E-state index is 12.3. The number of halogens is 1. The van der Waals surface area contributed by atoms with Gasteiger partial charge in [-0.15, -0.1) is 0 Å². The molecule has 0 aliphatic carbocycles. The number of nitrogens with zero attached hydrogens (tertiary/aromatic N) is 1. The largest absolute Gasteiger partial charge is 0.352 e. The number of sulfonamides is 1. The summed E-state index contributed by atoms with van der Waals surface area (Å²) in [6.45, 7) is 2.78. The molecule has 1 saturated heterocycles. The fourth-order valence-corrected chi connectivity index (χ4v) is 4.75. The van der Waals surface area contributed by atoms with Gasteiger partial charge in [0.15, 0.2) is 0 Å². The van der Waals surface area contributed by atoms with Crippen LogP contribution in [0.1, 0.15) is 24.8 Å². The Hall–Kier alpha value is -1.74. The molecule has 1 fully saturated rings. The van der Waals surface area contributed by atoms with Crippen LogP contribution >= 0.6 is 15.9 Å². The number of amides is 1. The molecule has 1 unspecified atom stereocenters. The molecule has 2 aromatic carbocycles. The Kier molecular flexibility index (Phi) is 7.83. The van der Waals surface area contributed by atoms with E-state index in [1.807, 2.05) is 18.2 Å². The predicted octanol–water partition coefficient (Wildman–Crippen LogP) is 2.90. The van der Waals surface area contributed by atoms with Gasteiger partial charge in [0.25, 0.3) is 0 Å². The molecular weight excluding hydrogens is 454 g/mol. The number of likely N-dealkylation sites (tertiary alicyclic amines) is 1. The summed E-state index contributed by atoms with van der Waals surface area (Å²) in [7, 11) is -3.61. The van der Waals surface area contributed by atoms with E-state index >= 15 is 0 Å². The zero-order valence-electron chi connectivity index (χ0n) is 16.2. The van der Waals surface area contributed by atoms with E-state index in [0.29, 0.717) is 0 Å². The van der Waals surface area contributed by atoms with Crippen molar-refractivity contribution in [2.75, 3.05) is 19.6 Å². The van der Waals surface area contributed by atoms with E-state index in [1.54, 1.807) is 12.1 Å². The molecule has 0 radical (unpaired) electrons. The van der Waals surface area contributed by atoms with E-state index in [4.69, 9.17) is 0 Å². The Bertz CT molecular complexity index is 905. The van der Waals surface area contributed by atoms with Crippen molar-refractivity contribution in [3.8, 4) is 0 Å². The summed E-state index contributed by atoms with van der Waals surface area (Å²) >= 11 is 3.28. The van der Waals surface area contributed by atoms with Crippen LogP contribution in [0.3, 0.4) is 0 Å². The quantitative estimate of drug-likeness (QED) is 0.609. The zero-order chi connectivity index (χ0) is 20.7. The number of carbonyl (C=O) groups excluding carboxylic acids is 1. The van der Waals surface area contributed by atoms with Crippen molar-refractivity contribution in [3.05, 3.63) is 64.6 Å². The van der Waals surface area contributed by atoms with Gasteiger partial charge in [0, 0.05) is 36.6 Å². The summed E-state index contributed by atoms with van der Waals surface area (Å²) in [4.78, 5) is 14.8. The van der Waals surface area contributed by atoms with Gasteiger partial charge in [0.05, 0.1) is 4.90 Å². The Balaban J connectivity index is 1.42. The van der Waals surface area contributed by atoms with Crippen LogP contribution < -0.4 is 10.0 Å². The monoisotopic (exact) mass is 479 g/mol. The van der Waals surface area contributed by atoms with Crippen LogP contribution in [0, 0.1) is 0 Å². The van der Waals surface area contributed by atoms with Gasteiger partial charge < -0.3 is 5.32 Å². The number of nitrogens with one attached hydrogen (secondary N) is 2. The zero-order valence-corrected chi connectivity index (χ0v) is 18.6. The first-order valence-electron chi connectivity index (χ1n) is 9.73. The molecule has 156 valence electrons. The molecule has 0 aromatic heterocycles.